The van der Waals surface area contributed by atoms with Gasteiger partial charge < -0.3 is 4.90 Å². The quantitative estimate of drug-likeness (QED) is 0.769. The summed E-state index contributed by atoms with van der Waals surface area (Å²) in [5.74, 6) is 2.02. The van der Waals surface area contributed by atoms with Crippen LogP contribution in [0.4, 0.5) is 5.82 Å². The predicted molar refractivity (Wildman–Crippen MR) is 68.7 cm³/mol. The van der Waals surface area contributed by atoms with Crippen molar-refractivity contribution in [2.45, 2.75) is 39.0 Å². The molecule has 0 aliphatic heterocycles. The van der Waals surface area contributed by atoms with E-state index in [1.807, 2.05) is 12.3 Å². The van der Waals surface area contributed by atoms with Gasteiger partial charge in [-0.1, -0.05) is 25.3 Å². The molecule has 16 heavy (non-hydrogen) atoms. The minimum absolute atomic E-state index is 0.885. The first kappa shape index (κ1) is 11.4. The Morgan fingerprint density at radius 1 is 1.25 bits per heavy atom. The summed E-state index contributed by atoms with van der Waals surface area (Å²) >= 11 is 0. The molecule has 2 nitrogen and oxygen atoms in total. The van der Waals surface area contributed by atoms with Crippen LogP contribution in [-0.2, 0) is 0 Å². The van der Waals surface area contributed by atoms with Gasteiger partial charge in [0, 0.05) is 19.3 Å². The molecular formula is C14H22N2. The molecule has 88 valence electrons. The minimum Gasteiger partial charge on any atom is -0.357 e. The summed E-state index contributed by atoms with van der Waals surface area (Å²) in [5.41, 5.74) is 0. The Kier molecular flexibility index (Phi) is 4.20. The summed E-state index contributed by atoms with van der Waals surface area (Å²) in [6, 6.07) is 6.18. The molecule has 1 saturated carbocycles. The number of hydrogen-bond donors (Lipinski definition) is 0. The molecule has 1 fully saturated rings. The summed E-state index contributed by atoms with van der Waals surface area (Å²) in [7, 11) is 0. The molecule has 2 rings (SSSR count). The number of aromatic nitrogens is 1. The standard InChI is InChI=1S/C14H22N2/c1-2-16(14-10-6-7-11-15-14)12-13-8-4-3-5-9-13/h6-7,10-11,13H,2-5,8-9,12H2,1H3. The van der Waals surface area contributed by atoms with Gasteiger partial charge >= 0.3 is 0 Å². The second-order valence-electron chi connectivity index (χ2n) is 4.73. The van der Waals surface area contributed by atoms with E-state index in [0.29, 0.717) is 0 Å². The summed E-state index contributed by atoms with van der Waals surface area (Å²) in [4.78, 5) is 6.85. The molecule has 0 unspecified atom stereocenters. The fraction of sp³-hybridized carbons (Fsp3) is 0.643. The molecule has 0 atom stereocenters. The Hall–Kier alpha value is -1.05. The minimum atomic E-state index is 0.885. The molecule has 0 spiro atoms. The molecule has 2 heteroatoms. The van der Waals surface area contributed by atoms with Crippen LogP contribution in [0.1, 0.15) is 39.0 Å². The van der Waals surface area contributed by atoms with Crippen LogP contribution in [-0.4, -0.2) is 18.1 Å². The van der Waals surface area contributed by atoms with Gasteiger partial charge in [-0.15, -0.1) is 0 Å². The van der Waals surface area contributed by atoms with Gasteiger partial charge in [-0.05, 0) is 37.8 Å². The van der Waals surface area contributed by atoms with Crippen LogP contribution in [0.2, 0.25) is 0 Å². The lowest BCUT2D eigenvalue weighted by atomic mass is 9.89. The highest BCUT2D eigenvalue weighted by Gasteiger charge is 2.16. The highest BCUT2D eigenvalue weighted by molar-refractivity contribution is 5.37. The van der Waals surface area contributed by atoms with E-state index in [0.717, 1.165) is 18.3 Å². The van der Waals surface area contributed by atoms with E-state index in [1.165, 1.54) is 38.6 Å². The van der Waals surface area contributed by atoms with Gasteiger partial charge in [0.15, 0.2) is 0 Å². The zero-order chi connectivity index (χ0) is 11.2. The first-order valence-electron chi connectivity index (χ1n) is 6.56. The Morgan fingerprint density at radius 2 is 2.06 bits per heavy atom. The van der Waals surface area contributed by atoms with Crippen molar-refractivity contribution in [3.8, 4) is 0 Å². The molecule has 0 aromatic carbocycles. The topological polar surface area (TPSA) is 16.1 Å². The Labute approximate surface area is 98.7 Å². The van der Waals surface area contributed by atoms with Crippen LogP contribution in [0.5, 0.6) is 0 Å². The lowest BCUT2D eigenvalue weighted by molar-refractivity contribution is 0.358. The van der Waals surface area contributed by atoms with Crippen LogP contribution < -0.4 is 4.90 Å². The van der Waals surface area contributed by atoms with E-state index >= 15 is 0 Å². The van der Waals surface area contributed by atoms with Crippen molar-refractivity contribution in [3.63, 3.8) is 0 Å². The molecular weight excluding hydrogens is 196 g/mol. The second kappa shape index (κ2) is 5.88. The van der Waals surface area contributed by atoms with E-state index in [9.17, 15) is 0 Å². The average molecular weight is 218 g/mol. The largest absolute Gasteiger partial charge is 0.357 e. The van der Waals surface area contributed by atoms with E-state index < -0.39 is 0 Å². The third-order valence-corrected chi connectivity index (χ3v) is 3.56. The summed E-state index contributed by atoms with van der Waals surface area (Å²) in [6.07, 6.45) is 8.98. The van der Waals surface area contributed by atoms with Gasteiger partial charge in [0.25, 0.3) is 0 Å². The van der Waals surface area contributed by atoms with Gasteiger partial charge in [-0.25, -0.2) is 4.98 Å². The van der Waals surface area contributed by atoms with Crippen molar-refractivity contribution in [3.05, 3.63) is 24.4 Å². The molecule has 1 heterocycles. The molecule has 1 aromatic rings. The van der Waals surface area contributed by atoms with Crippen LogP contribution in [0, 0.1) is 5.92 Å². The van der Waals surface area contributed by atoms with E-state index in [1.54, 1.807) is 0 Å². The van der Waals surface area contributed by atoms with Crippen molar-refractivity contribution in [1.29, 1.82) is 0 Å². The smallest absolute Gasteiger partial charge is 0.128 e. The van der Waals surface area contributed by atoms with Gasteiger partial charge in [-0.2, -0.15) is 0 Å². The average Bonchev–Trinajstić information content (AvgIpc) is 2.38. The van der Waals surface area contributed by atoms with E-state index in [2.05, 4.69) is 28.9 Å². The molecule has 0 saturated heterocycles. The first-order chi connectivity index (χ1) is 7.90. The van der Waals surface area contributed by atoms with Gasteiger partial charge in [0.05, 0.1) is 0 Å². The lowest BCUT2D eigenvalue weighted by Crippen LogP contribution is -2.30. The molecule has 1 aromatic heterocycles. The Bertz CT molecular complexity index is 291. The van der Waals surface area contributed by atoms with Crippen LogP contribution in [0.15, 0.2) is 24.4 Å². The summed E-state index contributed by atoms with van der Waals surface area (Å²) < 4.78 is 0. The Balaban J connectivity index is 1.94. The third-order valence-electron chi connectivity index (χ3n) is 3.56. The van der Waals surface area contributed by atoms with E-state index in [4.69, 9.17) is 0 Å². The molecule has 0 amide bonds. The number of rotatable bonds is 4. The third kappa shape index (κ3) is 2.97. The van der Waals surface area contributed by atoms with Gasteiger partial charge in [0.1, 0.15) is 5.82 Å². The summed E-state index contributed by atoms with van der Waals surface area (Å²) in [5, 5.41) is 0. The first-order valence-corrected chi connectivity index (χ1v) is 6.56. The highest BCUT2D eigenvalue weighted by atomic mass is 15.2. The van der Waals surface area contributed by atoms with Crippen LogP contribution in [0.3, 0.4) is 0 Å². The predicted octanol–water partition coefficient (Wildman–Crippen LogP) is 3.49. The molecule has 0 radical (unpaired) electrons. The molecule has 0 N–H and O–H groups in total. The maximum Gasteiger partial charge on any atom is 0.128 e. The maximum absolute atomic E-state index is 4.44. The normalized spacial score (nSPS) is 17.3. The zero-order valence-corrected chi connectivity index (χ0v) is 10.2. The monoisotopic (exact) mass is 218 g/mol. The van der Waals surface area contributed by atoms with Crippen molar-refractivity contribution < 1.29 is 0 Å². The van der Waals surface area contributed by atoms with Gasteiger partial charge in [-0.3, -0.25) is 0 Å². The van der Waals surface area contributed by atoms with Crippen LogP contribution >= 0.6 is 0 Å². The fourth-order valence-corrected chi connectivity index (χ4v) is 2.61. The number of hydrogen-bond acceptors (Lipinski definition) is 2. The van der Waals surface area contributed by atoms with Crippen molar-refractivity contribution in [2.24, 2.45) is 5.92 Å². The zero-order valence-electron chi connectivity index (χ0n) is 10.2. The lowest BCUT2D eigenvalue weighted by Gasteiger charge is -2.29. The molecule has 1 aliphatic rings. The number of nitrogens with zero attached hydrogens (tertiary/aromatic N) is 2. The second-order valence-corrected chi connectivity index (χ2v) is 4.73. The van der Waals surface area contributed by atoms with Crippen molar-refractivity contribution in [1.82, 2.24) is 4.98 Å². The van der Waals surface area contributed by atoms with Crippen LogP contribution in [0.25, 0.3) is 0 Å². The molecule has 0 bridgehead atoms. The number of pyridine rings is 1. The van der Waals surface area contributed by atoms with Crippen molar-refractivity contribution >= 4 is 5.82 Å². The highest BCUT2D eigenvalue weighted by Crippen LogP contribution is 2.25. The maximum atomic E-state index is 4.44. The fourth-order valence-electron chi connectivity index (χ4n) is 2.61. The van der Waals surface area contributed by atoms with Crippen molar-refractivity contribution in [2.75, 3.05) is 18.0 Å². The number of anilines is 1. The molecule has 1 aliphatic carbocycles. The summed E-state index contributed by atoms with van der Waals surface area (Å²) in [6.45, 7) is 4.47. The SMILES string of the molecule is CCN(CC1CCCCC1)c1ccccn1. The van der Waals surface area contributed by atoms with Gasteiger partial charge in [0.2, 0.25) is 0 Å². The van der Waals surface area contributed by atoms with E-state index in [-0.39, 0.29) is 0 Å². The Morgan fingerprint density at radius 3 is 2.69 bits per heavy atom.